The van der Waals surface area contributed by atoms with Crippen LogP contribution in [0.4, 0.5) is 5.82 Å². The summed E-state index contributed by atoms with van der Waals surface area (Å²) in [4.78, 5) is 23.4. The zero-order valence-electron chi connectivity index (χ0n) is 16.2. The summed E-state index contributed by atoms with van der Waals surface area (Å²) in [5, 5.41) is 11.8. The van der Waals surface area contributed by atoms with Crippen molar-refractivity contribution in [3.63, 3.8) is 0 Å². The highest BCUT2D eigenvalue weighted by Gasteiger charge is 2.12. The lowest BCUT2D eigenvalue weighted by Gasteiger charge is -2.12. The molecular formula is C21H21N7O. The molecule has 3 aromatic heterocycles. The van der Waals surface area contributed by atoms with E-state index in [0.29, 0.717) is 18.1 Å². The lowest BCUT2D eigenvalue weighted by Crippen LogP contribution is -2.10. The third-order valence-electron chi connectivity index (χ3n) is 4.53. The van der Waals surface area contributed by atoms with Gasteiger partial charge >= 0.3 is 0 Å². The Morgan fingerprint density at radius 3 is 2.72 bits per heavy atom. The van der Waals surface area contributed by atoms with Gasteiger partial charge in [0.15, 0.2) is 0 Å². The van der Waals surface area contributed by atoms with E-state index < -0.39 is 0 Å². The second-order valence-corrected chi connectivity index (χ2v) is 6.66. The van der Waals surface area contributed by atoms with Gasteiger partial charge in [0.05, 0.1) is 17.9 Å². The number of para-hydroxylation sites is 1. The van der Waals surface area contributed by atoms with Crippen molar-refractivity contribution in [3.8, 4) is 17.1 Å². The standard InChI is InChI=1S/C21H21N7O/c1-3-16-11-20(29)25-21(24-16)15-9-10-19(22-12-15)23-14(2)18-13-28(27-26-18)17-7-5-4-6-8-17/h4-14H,3H2,1-2H3,(H,22,23)(H,24,25,29). The maximum Gasteiger partial charge on any atom is 0.251 e. The number of aromatic amines is 1. The molecule has 29 heavy (non-hydrogen) atoms. The van der Waals surface area contributed by atoms with E-state index in [1.807, 2.05) is 62.5 Å². The average Bonchev–Trinajstić information content (AvgIpc) is 3.25. The molecule has 0 fully saturated rings. The predicted octanol–water partition coefficient (Wildman–Crippen LogP) is 3.15. The number of hydrogen-bond donors (Lipinski definition) is 2. The van der Waals surface area contributed by atoms with Crippen LogP contribution in [0.15, 0.2) is 65.7 Å². The molecule has 1 unspecified atom stereocenters. The summed E-state index contributed by atoms with van der Waals surface area (Å²) >= 11 is 0. The summed E-state index contributed by atoms with van der Waals surface area (Å²) in [7, 11) is 0. The molecule has 0 radical (unpaired) electrons. The first kappa shape index (κ1) is 18.5. The zero-order valence-corrected chi connectivity index (χ0v) is 16.2. The predicted molar refractivity (Wildman–Crippen MR) is 111 cm³/mol. The normalized spacial score (nSPS) is 11.9. The van der Waals surface area contributed by atoms with Gasteiger partial charge in [0.25, 0.3) is 5.56 Å². The van der Waals surface area contributed by atoms with Gasteiger partial charge in [-0.05, 0) is 37.6 Å². The van der Waals surface area contributed by atoms with Gasteiger partial charge in [0.1, 0.15) is 17.3 Å². The van der Waals surface area contributed by atoms with Gasteiger partial charge < -0.3 is 10.3 Å². The zero-order chi connectivity index (χ0) is 20.2. The molecule has 3 heterocycles. The van der Waals surface area contributed by atoms with Crippen LogP contribution in [0, 0.1) is 0 Å². The first-order valence-electron chi connectivity index (χ1n) is 9.43. The molecule has 0 bridgehead atoms. The Balaban J connectivity index is 1.48. The summed E-state index contributed by atoms with van der Waals surface area (Å²) in [5.74, 6) is 1.22. The van der Waals surface area contributed by atoms with Crippen LogP contribution in [0.25, 0.3) is 17.1 Å². The quantitative estimate of drug-likeness (QED) is 0.527. The second kappa shape index (κ2) is 8.05. The molecule has 0 aliphatic heterocycles. The lowest BCUT2D eigenvalue weighted by molar-refractivity contribution is 0.779. The summed E-state index contributed by atoms with van der Waals surface area (Å²) in [6.07, 6.45) is 4.28. The van der Waals surface area contributed by atoms with Gasteiger partial charge in [-0.15, -0.1) is 5.10 Å². The van der Waals surface area contributed by atoms with Crippen molar-refractivity contribution in [1.29, 1.82) is 0 Å². The Hall–Kier alpha value is -3.81. The number of anilines is 1. The highest BCUT2D eigenvalue weighted by atomic mass is 16.1. The molecule has 4 aromatic rings. The number of rotatable bonds is 6. The third kappa shape index (κ3) is 4.21. The minimum Gasteiger partial charge on any atom is -0.362 e. The second-order valence-electron chi connectivity index (χ2n) is 6.66. The maximum absolute atomic E-state index is 11.8. The number of pyridine rings is 1. The Morgan fingerprint density at radius 1 is 1.17 bits per heavy atom. The molecule has 2 N–H and O–H groups in total. The van der Waals surface area contributed by atoms with E-state index in [0.717, 1.165) is 22.6 Å². The van der Waals surface area contributed by atoms with E-state index in [1.54, 1.807) is 10.9 Å². The summed E-state index contributed by atoms with van der Waals surface area (Å²) < 4.78 is 1.74. The molecule has 0 saturated carbocycles. The first-order chi connectivity index (χ1) is 14.1. The molecule has 1 aromatic carbocycles. The van der Waals surface area contributed by atoms with Gasteiger partial charge in [-0.2, -0.15) is 0 Å². The minimum absolute atomic E-state index is 0.0767. The monoisotopic (exact) mass is 387 g/mol. The van der Waals surface area contributed by atoms with E-state index in [9.17, 15) is 4.79 Å². The van der Waals surface area contributed by atoms with Crippen molar-refractivity contribution in [2.45, 2.75) is 26.3 Å². The highest BCUT2D eigenvalue weighted by Crippen LogP contribution is 2.19. The summed E-state index contributed by atoms with van der Waals surface area (Å²) in [6, 6.07) is 15.0. The van der Waals surface area contributed by atoms with Crippen LogP contribution in [-0.2, 0) is 6.42 Å². The fourth-order valence-corrected chi connectivity index (χ4v) is 2.92. The third-order valence-corrected chi connectivity index (χ3v) is 4.53. The SMILES string of the molecule is CCc1cc(=O)[nH]c(-c2ccc(NC(C)c3cn(-c4ccccc4)nn3)nc2)n1. The van der Waals surface area contributed by atoms with Crippen LogP contribution < -0.4 is 10.9 Å². The Kier molecular flexibility index (Phi) is 5.15. The van der Waals surface area contributed by atoms with E-state index in [2.05, 4.69) is 30.6 Å². The number of nitrogens with one attached hydrogen (secondary N) is 2. The Labute approximate surface area is 167 Å². The topological polar surface area (TPSA) is 101 Å². The minimum atomic E-state index is -0.163. The van der Waals surface area contributed by atoms with Gasteiger partial charge in [0, 0.05) is 23.5 Å². The van der Waals surface area contributed by atoms with Crippen molar-refractivity contribution in [2.24, 2.45) is 0 Å². The number of hydrogen-bond acceptors (Lipinski definition) is 6. The van der Waals surface area contributed by atoms with Gasteiger partial charge in [0.2, 0.25) is 0 Å². The molecule has 0 aliphatic carbocycles. The maximum atomic E-state index is 11.8. The molecular weight excluding hydrogens is 366 g/mol. The average molecular weight is 387 g/mol. The molecule has 1 atom stereocenters. The van der Waals surface area contributed by atoms with Gasteiger partial charge in [-0.25, -0.2) is 14.6 Å². The van der Waals surface area contributed by atoms with Crippen LogP contribution in [0.2, 0.25) is 0 Å². The smallest absolute Gasteiger partial charge is 0.251 e. The summed E-state index contributed by atoms with van der Waals surface area (Å²) in [6.45, 7) is 3.96. The Bertz CT molecular complexity index is 1150. The highest BCUT2D eigenvalue weighted by molar-refractivity contribution is 5.56. The molecule has 4 rings (SSSR count). The van der Waals surface area contributed by atoms with Crippen molar-refractivity contribution in [3.05, 3.63) is 82.7 Å². The molecule has 0 saturated heterocycles. The van der Waals surface area contributed by atoms with Crippen LogP contribution >= 0.6 is 0 Å². The molecule has 146 valence electrons. The number of benzene rings is 1. The van der Waals surface area contributed by atoms with Crippen LogP contribution in [-0.4, -0.2) is 29.9 Å². The number of nitrogens with zero attached hydrogens (tertiary/aromatic N) is 5. The van der Waals surface area contributed by atoms with Crippen molar-refractivity contribution in [1.82, 2.24) is 29.9 Å². The first-order valence-corrected chi connectivity index (χ1v) is 9.43. The number of H-pyrrole nitrogens is 1. The molecule has 8 heteroatoms. The number of aromatic nitrogens is 6. The molecule has 0 amide bonds. The molecule has 0 spiro atoms. The Morgan fingerprint density at radius 2 is 2.00 bits per heavy atom. The van der Waals surface area contributed by atoms with Crippen LogP contribution in [0.1, 0.15) is 31.3 Å². The van der Waals surface area contributed by atoms with Gasteiger partial charge in [-0.1, -0.05) is 30.3 Å². The van der Waals surface area contributed by atoms with Crippen molar-refractivity contribution in [2.75, 3.05) is 5.32 Å². The van der Waals surface area contributed by atoms with Crippen molar-refractivity contribution < 1.29 is 0 Å². The van der Waals surface area contributed by atoms with E-state index in [4.69, 9.17) is 0 Å². The van der Waals surface area contributed by atoms with Crippen LogP contribution in [0.3, 0.4) is 0 Å². The van der Waals surface area contributed by atoms with Gasteiger partial charge in [-0.3, -0.25) is 4.79 Å². The lowest BCUT2D eigenvalue weighted by atomic mass is 10.2. The fraction of sp³-hybridized carbons (Fsp3) is 0.190. The van der Waals surface area contributed by atoms with E-state index in [-0.39, 0.29) is 11.6 Å². The molecule has 0 aliphatic rings. The fourth-order valence-electron chi connectivity index (χ4n) is 2.92. The van der Waals surface area contributed by atoms with E-state index >= 15 is 0 Å². The summed E-state index contributed by atoms with van der Waals surface area (Å²) in [5.41, 5.74) is 3.11. The van der Waals surface area contributed by atoms with E-state index in [1.165, 1.54) is 6.07 Å². The largest absolute Gasteiger partial charge is 0.362 e. The number of aryl methyl sites for hydroxylation is 1. The van der Waals surface area contributed by atoms with Crippen LogP contribution in [0.5, 0.6) is 0 Å². The molecule has 8 nitrogen and oxygen atoms in total. The van der Waals surface area contributed by atoms with Crippen molar-refractivity contribution >= 4 is 5.82 Å².